The van der Waals surface area contributed by atoms with E-state index < -0.39 is 24.8 Å². The molecule has 146 valence electrons. The number of oxazole rings is 1. The van der Waals surface area contributed by atoms with E-state index in [0.717, 1.165) is 0 Å². The van der Waals surface area contributed by atoms with Crippen LogP contribution in [0.4, 0.5) is 18.9 Å². The molecule has 10 heteroatoms. The second kappa shape index (κ2) is 9.72. The summed E-state index contributed by atoms with van der Waals surface area (Å²) in [6.07, 6.45) is -0.814. The Labute approximate surface area is 153 Å². The third kappa shape index (κ3) is 6.41. The van der Waals surface area contributed by atoms with Gasteiger partial charge in [0.1, 0.15) is 31.1 Å². The molecule has 1 heterocycles. The van der Waals surface area contributed by atoms with Crippen LogP contribution in [0.25, 0.3) is 0 Å². The number of alkyl halides is 2. The van der Waals surface area contributed by atoms with E-state index >= 15 is 0 Å². The zero-order valence-corrected chi connectivity index (χ0v) is 14.5. The average Bonchev–Trinajstić information content (AvgIpc) is 3.11. The monoisotopic (exact) mass is 384 g/mol. The Bertz CT molecular complexity index is 808. The number of aromatic nitrogens is 1. The number of anilines is 1. The first-order chi connectivity index (χ1) is 12.9. The Kier molecular flexibility index (Phi) is 7.35. The van der Waals surface area contributed by atoms with E-state index in [9.17, 15) is 18.0 Å². The van der Waals surface area contributed by atoms with Gasteiger partial charge in [-0.15, -0.1) is 0 Å². The minimum Gasteiger partial charge on any atom is -0.448 e. The van der Waals surface area contributed by atoms with Gasteiger partial charge in [-0.2, -0.15) is 0 Å². The molecular weight excluding hydrogens is 365 g/mol. The molecule has 3 N–H and O–H groups in total. The number of amidine groups is 1. The van der Waals surface area contributed by atoms with E-state index in [4.69, 9.17) is 10.2 Å². The Morgan fingerprint density at radius 3 is 2.89 bits per heavy atom. The zero-order valence-electron chi connectivity index (χ0n) is 14.5. The van der Waals surface area contributed by atoms with Crippen LogP contribution in [0.2, 0.25) is 0 Å². The number of rotatable bonds is 9. The van der Waals surface area contributed by atoms with Crippen molar-refractivity contribution in [2.24, 2.45) is 10.7 Å². The van der Waals surface area contributed by atoms with E-state index in [0.29, 0.717) is 18.0 Å². The molecule has 0 aliphatic heterocycles. The fraction of sp³-hybridized carbons (Fsp3) is 0.353. The normalized spacial score (nSPS) is 11.8. The highest BCUT2D eigenvalue weighted by Crippen LogP contribution is 2.17. The number of nitrogens with zero attached hydrogens (tertiary/aromatic N) is 2. The van der Waals surface area contributed by atoms with Gasteiger partial charge in [-0.05, 0) is 18.2 Å². The van der Waals surface area contributed by atoms with Crippen LogP contribution in [0.3, 0.4) is 0 Å². The Morgan fingerprint density at radius 2 is 2.22 bits per heavy atom. The van der Waals surface area contributed by atoms with Crippen molar-refractivity contribution in [1.29, 1.82) is 0 Å². The molecule has 2 rings (SSSR count). The van der Waals surface area contributed by atoms with Crippen LogP contribution in [0.15, 0.2) is 33.9 Å². The maximum atomic E-state index is 13.9. The van der Waals surface area contributed by atoms with Crippen molar-refractivity contribution < 1.29 is 27.1 Å². The van der Waals surface area contributed by atoms with Gasteiger partial charge in [0.05, 0.1) is 6.54 Å². The molecule has 0 spiro atoms. The topological polar surface area (TPSA) is 103 Å². The fourth-order valence-corrected chi connectivity index (χ4v) is 2.03. The van der Waals surface area contributed by atoms with Gasteiger partial charge < -0.3 is 20.2 Å². The Hall–Kier alpha value is -2.88. The lowest BCUT2D eigenvalue weighted by atomic mass is 10.2. The molecule has 1 aromatic carbocycles. The number of hydrogen-bond acceptors (Lipinski definition) is 5. The van der Waals surface area contributed by atoms with Crippen molar-refractivity contribution in [1.82, 2.24) is 4.98 Å². The number of nitrogens with two attached hydrogens (primary N) is 1. The van der Waals surface area contributed by atoms with Crippen LogP contribution >= 0.6 is 0 Å². The predicted molar refractivity (Wildman–Crippen MR) is 92.4 cm³/mol. The quantitative estimate of drug-likeness (QED) is 0.511. The summed E-state index contributed by atoms with van der Waals surface area (Å²) < 4.78 is 47.6. The molecule has 0 fully saturated rings. The maximum absolute atomic E-state index is 13.9. The third-order valence-corrected chi connectivity index (χ3v) is 3.34. The summed E-state index contributed by atoms with van der Waals surface area (Å²) in [4.78, 5) is 20.0. The molecule has 0 aliphatic carbocycles. The van der Waals surface area contributed by atoms with Crippen LogP contribution in [-0.4, -0.2) is 36.4 Å². The van der Waals surface area contributed by atoms with Crippen LogP contribution in [0, 0.1) is 5.82 Å². The van der Waals surface area contributed by atoms with Gasteiger partial charge in [-0.25, -0.2) is 18.2 Å². The third-order valence-electron chi connectivity index (χ3n) is 3.34. The van der Waals surface area contributed by atoms with E-state index in [1.165, 1.54) is 24.5 Å². The van der Waals surface area contributed by atoms with Crippen molar-refractivity contribution in [3.8, 4) is 0 Å². The maximum Gasteiger partial charge on any atom is 0.277 e. The molecule has 1 aromatic heterocycles. The van der Waals surface area contributed by atoms with E-state index in [1.54, 1.807) is 0 Å². The van der Waals surface area contributed by atoms with E-state index in [2.05, 4.69) is 20.0 Å². The first kappa shape index (κ1) is 20.4. The summed E-state index contributed by atoms with van der Waals surface area (Å²) >= 11 is 0. The fourth-order valence-electron chi connectivity index (χ4n) is 2.03. The van der Waals surface area contributed by atoms with Crippen LogP contribution in [0.1, 0.15) is 28.9 Å². The van der Waals surface area contributed by atoms with Gasteiger partial charge in [0, 0.05) is 17.7 Å². The summed E-state index contributed by atoms with van der Waals surface area (Å²) in [6, 6.07) is 3.95. The minimum absolute atomic E-state index is 0.0424. The predicted octanol–water partition coefficient (Wildman–Crippen LogP) is 2.77. The molecule has 2 aromatic rings. The first-order valence-corrected chi connectivity index (χ1v) is 8.08. The van der Waals surface area contributed by atoms with E-state index in [-0.39, 0.29) is 30.2 Å². The van der Waals surface area contributed by atoms with Crippen molar-refractivity contribution in [2.75, 3.05) is 18.5 Å². The van der Waals surface area contributed by atoms with E-state index in [1.807, 2.05) is 6.92 Å². The lowest BCUT2D eigenvalue weighted by Crippen LogP contribution is -2.21. The van der Waals surface area contributed by atoms with Gasteiger partial charge >= 0.3 is 0 Å². The molecule has 0 unspecified atom stereocenters. The average molecular weight is 384 g/mol. The largest absolute Gasteiger partial charge is 0.448 e. The molecule has 0 bridgehead atoms. The molecule has 0 aliphatic rings. The highest BCUT2D eigenvalue weighted by molar-refractivity contribution is 6.02. The number of aryl methyl sites for hydroxylation is 1. The number of amides is 1. The lowest BCUT2D eigenvalue weighted by molar-refractivity contribution is 0.0321. The molecule has 0 atom stereocenters. The summed E-state index contributed by atoms with van der Waals surface area (Å²) in [7, 11) is 0. The number of nitrogens with one attached hydrogen (secondary N) is 1. The van der Waals surface area contributed by atoms with Crippen molar-refractivity contribution in [3.63, 3.8) is 0 Å². The SMILES string of the molecule is CCc1nc(C(=O)Nc2ccc(F)c(CN=C(N)COCC(F)F)c2)co1. The van der Waals surface area contributed by atoms with Gasteiger partial charge in [0.2, 0.25) is 0 Å². The van der Waals surface area contributed by atoms with Gasteiger partial charge in [0.15, 0.2) is 11.6 Å². The summed E-state index contributed by atoms with van der Waals surface area (Å²) in [5.74, 6) is -0.662. The lowest BCUT2D eigenvalue weighted by Gasteiger charge is -2.07. The van der Waals surface area contributed by atoms with Crippen molar-refractivity contribution in [2.45, 2.75) is 26.3 Å². The molecule has 27 heavy (non-hydrogen) atoms. The summed E-state index contributed by atoms with van der Waals surface area (Å²) in [6.45, 7) is 0.663. The smallest absolute Gasteiger partial charge is 0.277 e. The van der Waals surface area contributed by atoms with Crippen LogP contribution in [0.5, 0.6) is 0 Å². The minimum atomic E-state index is -2.60. The van der Waals surface area contributed by atoms with Crippen molar-refractivity contribution in [3.05, 3.63) is 47.4 Å². The highest BCUT2D eigenvalue weighted by atomic mass is 19.3. The van der Waals surface area contributed by atoms with Gasteiger partial charge in [-0.1, -0.05) is 6.92 Å². The number of carbonyl (C=O) groups is 1. The first-order valence-electron chi connectivity index (χ1n) is 8.08. The van der Waals surface area contributed by atoms with Gasteiger partial charge in [0.25, 0.3) is 12.3 Å². The van der Waals surface area contributed by atoms with Crippen molar-refractivity contribution >= 4 is 17.4 Å². The Morgan fingerprint density at radius 1 is 1.44 bits per heavy atom. The summed E-state index contributed by atoms with van der Waals surface area (Å²) in [5.41, 5.74) is 6.14. The highest BCUT2D eigenvalue weighted by Gasteiger charge is 2.13. The summed E-state index contributed by atoms with van der Waals surface area (Å²) in [5, 5.41) is 2.58. The molecule has 0 radical (unpaired) electrons. The second-order valence-corrected chi connectivity index (χ2v) is 5.45. The van der Waals surface area contributed by atoms with Gasteiger partial charge in [-0.3, -0.25) is 9.79 Å². The second-order valence-electron chi connectivity index (χ2n) is 5.45. The molecule has 0 saturated heterocycles. The molecule has 0 saturated carbocycles. The number of benzene rings is 1. The molecule has 1 amide bonds. The number of carbonyl (C=O) groups excluding carboxylic acids is 1. The van der Waals surface area contributed by atoms with Crippen LogP contribution in [-0.2, 0) is 17.7 Å². The number of halogens is 3. The number of ether oxygens (including phenoxy) is 1. The Balaban J connectivity index is 1.99. The number of aliphatic imine (C=N–C) groups is 1. The zero-order chi connectivity index (χ0) is 19.8. The number of hydrogen-bond donors (Lipinski definition) is 2. The standard InChI is InChI=1S/C17H19F3N4O3/c1-2-16-24-13(7-27-16)17(25)23-11-3-4-12(18)10(5-11)6-22-15(21)9-26-8-14(19)20/h3-5,7,14H,2,6,8-9H2,1H3,(H2,21,22)(H,23,25). The molecule has 7 nitrogen and oxygen atoms in total. The molecular formula is C17H19F3N4O3. The van der Waals surface area contributed by atoms with Crippen LogP contribution < -0.4 is 11.1 Å².